The van der Waals surface area contributed by atoms with Crippen molar-refractivity contribution in [3.8, 4) is 0 Å². The molecule has 0 radical (unpaired) electrons. The van der Waals surface area contributed by atoms with E-state index in [1.54, 1.807) is 0 Å². The van der Waals surface area contributed by atoms with Crippen LogP contribution in [0.4, 0.5) is 0 Å². The molecule has 3 amide bonds. The number of aryl methyl sites for hydroxylation is 1. The maximum atomic E-state index is 12.5. The fourth-order valence-electron chi connectivity index (χ4n) is 2.25. The zero-order chi connectivity index (χ0) is 15.1. The van der Waals surface area contributed by atoms with E-state index in [0.717, 1.165) is 4.90 Å². The quantitative estimate of drug-likeness (QED) is 0.644. The van der Waals surface area contributed by atoms with Crippen LogP contribution >= 0.6 is 0 Å². The number of furan rings is 1. The van der Waals surface area contributed by atoms with Gasteiger partial charge >= 0.3 is 0 Å². The van der Waals surface area contributed by atoms with Crippen molar-refractivity contribution < 1.29 is 18.8 Å². The maximum absolute atomic E-state index is 12.5. The molecule has 0 atom stereocenters. The Kier molecular flexibility index (Phi) is 2.82. The Morgan fingerprint density at radius 1 is 1.29 bits per heavy atom. The number of rotatable bonds is 1. The highest BCUT2D eigenvalue weighted by Gasteiger charge is 2.31. The highest BCUT2D eigenvalue weighted by Crippen LogP contribution is 2.22. The molecule has 2 aromatic rings. The number of nitrogens with one attached hydrogen (secondary N) is 2. The lowest BCUT2D eigenvalue weighted by Gasteiger charge is -2.25. The highest BCUT2D eigenvalue weighted by molar-refractivity contribution is 6.10. The SMILES string of the molecule is Cc1oc2nc[nH]c(=O)c2c1C(=O)N1CC(=O)NC(=O)C1. The van der Waals surface area contributed by atoms with Crippen molar-refractivity contribution in [1.82, 2.24) is 20.2 Å². The van der Waals surface area contributed by atoms with Crippen LogP contribution in [0.5, 0.6) is 0 Å². The Morgan fingerprint density at radius 3 is 2.62 bits per heavy atom. The van der Waals surface area contributed by atoms with Crippen LogP contribution in [0.2, 0.25) is 0 Å². The summed E-state index contributed by atoms with van der Waals surface area (Å²) >= 11 is 0. The van der Waals surface area contributed by atoms with E-state index in [0.29, 0.717) is 0 Å². The maximum Gasteiger partial charge on any atom is 0.262 e. The lowest BCUT2D eigenvalue weighted by molar-refractivity contribution is -0.135. The number of piperazine rings is 1. The van der Waals surface area contributed by atoms with E-state index >= 15 is 0 Å². The lowest BCUT2D eigenvalue weighted by Crippen LogP contribution is -2.53. The van der Waals surface area contributed by atoms with Crippen molar-refractivity contribution in [2.75, 3.05) is 13.1 Å². The first kappa shape index (κ1) is 13.0. The number of aromatic amines is 1. The van der Waals surface area contributed by atoms with E-state index in [4.69, 9.17) is 4.42 Å². The van der Waals surface area contributed by atoms with E-state index in [-0.39, 0.29) is 35.5 Å². The van der Waals surface area contributed by atoms with Crippen LogP contribution in [-0.4, -0.2) is 45.7 Å². The lowest BCUT2D eigenvalue weighted by atomic mass is 10.1. The predicted molar refractivity (Wildman–Crippen MR) is 68.4 cm³/mol. The number of carbonyl (C=O) groups is 3. The summed E-state index contributed by atoms with van der Waals surface area (Å²) in [7, 11) is 0. The van der Waals surface area contributed by atoms with E-state index in [2.05, 4.69) is 15.3 Å². The van der Waals surface area contributed by atoms with Gasteiger partial charge in [-0.1, -0.05) is 0 Å². The second-order valence-corrected chi connectivity index (χ2v) is 4.58. The third-order valence-electron chi connectivity index (χ3n) is 3.12. The molecule has 1 aliphatic rings. The molecule has 0 bridgehead atoms. The number of aromatic nitrogens is 2. The molecule has 0 saturated carbocycles. The van der Waals surface area contributed by atoms with E-state index in [1.807, 2.05) is 0 Å². The molecule has 0 aromatic carbocycles. The number of carbonyl (C=O) groups excluding carboxylic acids is 3. The van der Waals surface area contributed by atoms with Gasteiger partial charge in [-0.15, -0.1) is 0 Å². The Hall–Kier alpha value is -2.97. The van der Waals surface area contributed by atoms with Crippen molar-refractivity contribution in [3.63, 3.8) is 0 Å². The smallest absolute Gasteiger partial charge is 0.262 e. The summed E-state index contributed by atoms with van der Waals surface area (Å²) in [6, 6.07) is 0. The first-order chi connectivity index (χ1) is 9.97. The van der Waals surface area contributed by atoms with E-state index in [1.165, 1.54) is 13.3 Å². The summed E-state index contributed by atoms with van der Waals surface area (Å²) in [4.78, 5) is 54.3. The fraction of sp³-hybridized carbons (Fsp3) is 0.250. The molecule has 0 aliphatic carbocycles. The Bertz CT molecular complexity index is 818. The standard InChI is InChI=1S/C12H10N4O5/c1-5-8(9-10(19)13-4-14-11(9)21-5)12(20)16-2-6(17)15-7(18)3-16/h4H,2-3H2,1H3,(H,13,14,19)(H,15,17,18). The van der Waals surface area contributed by atoms with Crippen LogP contribution in [0.1, 0.15) is 16.1 Å². The molecule has 2 aromatic heterocycles. The minimum absolute atomic E-state index is 0.0124. The molecule has 0 spiro atoms. The molecule has 9 heteroatoms. The number of hydrogen-bond acceptors (Lipinski definition) is 6. The van der Waals surface area contributed by atoms with Gasteiger partial charge in [-0.3, -0.25) is 24.5 Å². The Morgan fingerprint density at radius 2 is 1.95 bits per heavy atom. The first-order valence-corrected chi connectivity index (χ1v) is 6.06. The second kappa shape index (κ2) is 4.54. The third-order valence-corrected chi connectivity index (χ3v) is 3.12. The Labute approximate surface area is 116 Å². The molecule has 1 fully saturated rings. The van der Waals surface area contributed by atoms with Crippen molar-refractivity contribution in [2.24, 2.45) is 0 Å². The molecule has 2 N–H and O–H groups in total. The molecule has 3 heterocycles. The van der Waals surface area contributed by atoms with Crippen molar-refractivity contribution in [3.05, 3.63) is 28.0 Å². The molecule has 9 nitrogen and oxygen atoms in total. The van der Waals surface area contributed by atoms with Gasteiger partial charge in [0.15, 0.2) is 0 Å². The monoisotopic (exact) mass is 290 g/mol. The van der Waals surface area contributed by atoms with Gasteiger partial charge in [0.2, 0.25) is 17.5 Å². The first-order valence-electron chi connectivity index (χ1n) is 6.06. The number of fused-ring (bicyclic) bond motifs is 1. The van der Waals surface area contributed by atoms with Crippen LogP contribution in [0.25, 0.3) is 11.1 Å². The Balaban J connectivity index is 2.10. The zero-order valence-corrected chi connectivity index (χ0v) is 10.9. The average molecular weight is 290 g/mol. The van der Waals surface area contributed by atoms with Gasteiger partial charge in [-0.25, -0.2) is 4.98 Å². The van der Waals surface area contributed by atoms with Gasteiger partial charge in [-0.2, -0.15) is 0 Å². The largest absolute Gasteiger partial charge is 0.442 e. The van der Waals surface area contributed by atoms with Gasteiger partial charge in [0, 0.05) is 0 Å². The van der Waals surface area contributed by atoms with Crippen molar-refractivity contribution in [2.45, 2.75) is 6.92 Å². The summed E-state index contributed by atoms with van der Waals surface area (Å²) in [5.74, 6) is -1.56. The molecule has 3 rings (SSSR count). The van der Waals surface area contributed by atoms with Gasteiger partial charge in [0.25, 0.3) is 11.5 Å². The number of H-pyrrole nitrogens is 1. The fourth-order valence-corrected chi connectivity index (χ4v) is 2.25. The van der Waals surface area contributed by atoms with Crippen LogP contribution in [0.3, 0.4) is 0 Å². The zero-order valence-electron chi connectivity index (χ0n) is 10.9. The van der Waals surface area contributed by atoms with Gasteiger partial charge in [0.1, 0.15) is 24.2 Å². The van der Waals surface area contributed by atoms with Crippen LogP contribution < -0.4 is 10.9 Å². The van der Waals surface area contributed by atoms with Crippen LogP contribution in [0, 0.1) is 6.92 Å². The summed E-state index contributed by atoms with van der Waals surface area (Å²) < 4.78 is 5.28. The average Bonchev–Trinajstić information content (AvgIpc) is 2.74. The summed E-state index contributed by atoms with van der Waals surface area (Å²) in [6.07, 6.45) is 1.17. The number of amides is 3. The van der Waals surface area contributed by atoms with Gasteiger partial charge < -0.3 is 14.3 Å². The molecular formula is C12H10N4O5. The summed E-state index contributed by atoms with van der Waals surface area (Å²) in [5.41, 5.74) is -0.470. The van der Waals surface area contributed by atoms with Crippen LogP contribution in [-0.2, 0) is 9.59 Å². The minimum atomic E-state index is -0.618. The number of hydrogen-bond donors (Lipinski definition) is 2. The van der Waals surface area contributed by atoms with Gasteiger partial charge in [-0.05, 0) is 6.92 Å². The molecule has 1 saturated heterocycles. The highest BCUT2D eigenvalue weighted by atomic mass is 16.3. The normalized spacial score (nSPS) is 15.4. The summed E-state index contributed by atoms with van der Waals surface area (Å²) in [5, 5.41) is 2.11. The van der Waals surface area contributed by atoms with Crippen molar-refractivity contribution >= 4 is 28.8 Å². The van der Waals surface area contributed by atoms with E-state index < -0.39 is 23.3 Å². The topological polar surface area (TPSA) is 125 Å². The molecular weight excluding hydrogens is 280 g/mol. The van der Waals surface area contributed by atoms with Crippen LogP contribution in [0.15, 0.2) is 15.5 Å². The minimum Gasteiger partial charge on any atom is -0.442 e. The summed E-state index contributed by atoms with van der Waals surface area (Å²) in [6.45, 7) is 1.00. The molecule has 108 valence electrons. The number of imide groups is 1. The van der Waals surface area contributed by atoms with Gasteiger partial charge in [0.05, 0.1) is 11.9 Å². The van der Waals surface area contributed by atoms with Crippen molar-refractivity contribution in [1.29, 1.82) is 0 Å². The third kappa shape index (κ3) is 2.08. The molecule has 21 heavy (non-hydrogen) atoms. The second-order valence-electron chi connectivity index (χ2n) is 4.58. The van der Waals surface area contributed by atoms with E-state index in [9.17, 15) is 19.2 Å². The molecule has 1 aliphatic heterocycles. The molecule has 0 unspecified atom stereocenters. The number of nitrogens with zero attached hydrogens (tertiary/aromatic N) is 2. The predicted octanol–water partition coefficient (Wildman–Crippen LogP) is -1.08.